The molecule has 12 atom stereocenters. The Morgan fingerprint density at radius 2 is 0.955 bits per heavy atom. The lowest BCUT2D eigenvalue weighted by atomic mass is 9.91. The van der Waals surface area contributed by atoms with Gasteiger partial charge in [0.05, 0.1) is 25.9 Å². The summed E-state index contributed by atoms with van der Waals surface area (Å²) in [5.41, 5.74) is 0. The molecule has 0 spiro atoms. The minimum absolute atomic E-state index is 0.0146. The smallest absolute Gasteiger partial charge is 0.247 e. The van der Waals surface area contributed by atoms with Gasteiger partial charge in [0.25, 0.3) is 0 Å². The lowest BCUT2D eigenvalue weighted by molar-refractivity contribution is -0.157. The Balaban J connectivity index is 4.44. The van der Waals surface area contributed by atoms with Gasteiger partial charge in [-0.2, -0.15) is 0 Å². The largest absolute Gasteiger partial charge is 0.390 e. The number of nitrogens with zero attached hydrogens (tertiary/aromatic N) is 7. The number of hydrogen-bond donors (Lipinski definition) is 5. The summed E-state index contributed by atoms with van der Waals surface area (Å²) in [6.45, 7) is 31.1. The van der Waals surface area contributed by atoms with Crippen LogP contribution in [-0.4, -0.2) is 240 Å². The number of rotatable bonds is 19. The van der Waals surface area contributed by atoms with Gasteiger partial charge in [-0.1, -0.05) is 115 Å². The molecule has 0 radical (unpaired) electrons. The molecule has 0 aromatic heterocycles. The quantitative estimate of drug-likeness (QED) is 0.0917. The second kappa shape index (κ2) is 37.7. The van der Waals surface area contributed by atoms with Crippen LogP contribution in [0.2, 0.25) is 0 Å². The average Bonchev–Trinajstić information content (AvgIpc) is 2.93. The predicted octanol–water partition coefficient (Wildman–Crippen LogP) is 3.45. The second-order valence-corrected chi connectivity index (χ2v) is 26.7. The molecular formula is C65H115N11O13. The Bertz CT molecular complexity index is 2430. The highest BCUT2D eigenvalue weighted by Crippen LogP contribution is 2.26. The first-order valence-corrected chi connectivity index (χ1v) is 31.8. The van der Waals surface area contributed by atoms with Crippen molar-refractivity contribution in [2.45, 2.75) is 216 Å². The van der Waals surface area contributed by atoms with E-state index in [2.05, 4.69) is 27.8 Å². The fourth-order valence-electron chi connectivity index (χ4n) is 11.0. The summed E-state index contributed by atoms with van der Waals surface area (Å²) in [4.78, 5) is 170. The Labute approximate surface area is 532 Å². The van der Waals surface area contributed by atoms with Crippen molar-refractivity contribution in [3.63, 3.8) is 0 Å². The summed E-state index contributed by atoms with van der Waals surface area (Å²) in [7, 11) is 9.85. The van der Waals surface area contributed by atoms with Crippen LogP contribution >= 0.6 is 0 Å². The summed E-state index contributed by atoms with van der Waals surface area (Å²) in [5, 5.41) is 23.2. The van der Waals surface area contributed by atoms with E-state index < -0.39 is 156 Å². The summed E-state index contributed by atoms with van der Waals surface area (Å²) in [6.07, 6.45) is 4.35. The maximum Gasteiger partial charge on any atom is 0.247 e. The van der Waals surface area contributed by atoms with Gasteiger partial charge in [-0.3, -0.25) is 52.7 Å². The molecule has 5 N–H and O–H groups in total. The Morgan fingerprint density at radius 1 is 0.517 bits per heavy atom. The minimum Gasteiger partial charge on any atom is -0.390 e. The van der Waals surface area contributed by atoms with Gasteiger partial charge in [0.2, 0.25) is 65.0 Å². The van der Waals surface area contributed by atoms with Crippen molar-refractivity contribution in [3.8, 4) is 0 Å². The third kappa shape index (κ3) is 23.4. The third-order valence-electron chi connectivity index (χ3n) is 16.5. The van der Waals surface area contributed by atoms with Gasteiger partial charge >= 0.3 is 0 Å². The molecule has 89 heavy (non-hydrogen) atoms. The van der Waals surface area contributed by atoms with Gasteiger partial charge in [0.1, 0.15) is 60.4 Å². The molecule has 1 saturated heterocycles. The zero-order valence-corrected chi connectivity index (χ0v) is 58.2. The van der Waals surface area contributed by atoms with E-state index in [0.717, 1.165) is 9.80 Å². The molecule has 508 valence electrons. The molecule has 0 aliphatic carbocycles. The van der Waals surface area contributed by atoms with Crippen LogP contribution in [-0.2, 0) is 57.5 Å². The van der Waals surface area contributed by atoms with Crippen molar-refractivity contribution in [2.24, 2.45) is 41.4 Å². The molecule has 0 unspecified atom stereocenters. The number of hydrogen-bond acceptors (Lipinski definition) is 13. The van der Waals surface area contributed by atoms with Gasteiger partial charge < -0.3 is 65.4 Å². The van der Waals surface area contributed by atoms with Gasteiger partial charge in [-0.15, -0.1) is 6.58 Å². The van der Waals surface area contributed by atoms with E-state index in [9.17, 15) is 43.5 Å². The Morgan fingerprint density at radius 3 is 1.42 bits per heavy atom. The Hall–Kier alpha value is -6.43. The van der Waals surface area contributed by atoms with Crippen molar-refractivity contribution < 1.29 is 62.6 Å². The first-order chi connectivity index (χ1) is 41.2. The van der Waals surface area contributed by atoms with Crippen LogP contribution in [0.15, 0.2) is 24.8 Å². The molecule has 1 rings (SSSR count). The van der Waals surface area contributed by atoms with Crippen LogP contribution < -0.4 is 21.3 Å². The maximum atomic E-state index is 15.2. The predicted molar refractivity (Wildman–Crippen MR) is 344 cm³/mol. The molecule has 11 amide bonds. The zero-order valence-electron chi connectivity index (χ0n) is 58.2. The second-order valence-electron chi connectivity index (χ2n) is 26.7. The molecular weight excluding hydrogens is 1140 g/mol. The van der Waals surface area contributed by atoms with Crippen LogP contribution in [0.3, 0.4) is 0 Å². The molecule has 1 heterocycles. The number of carbonyl (C=O) groups is 11. The monoisotopic (exact) mass is 1260 g/mol. The molecule has 1 aliphatic heterocycles. The minimum atomic E-state index is -1.63. The van der Waals surface area contributed by atoms with Gasteiger partial charge in [-0.05, 0) is 93.8 Å². The first-order valence-electron chi connectivity index (χ1n) is 31.8. The topological polar surface area (TPSA) is 288 Å². The SMILES string of the molecule is C=CCOC[C@H]1NC(=O)[C@H](C)NC(=O)[C@H](CC(C)C)N(C)C(=O)[C@H](C(C)C)NC(=O)[C@H](CC(C)C)N(C)C(=O)CN(C)C(=O)[C@H](CC)NC(=O)[C@H]([C@H](O)[C@H](C)C/C=C/C)N(C)C(=O)[C@H](C(C)C)N(C)C(=O)[C@H](CC(C)C)N(C)C(=O)[C@H](CC(C)C)N(C)C1=O. The lowest BCUT2D eigenvalue weighted by Crippen LogP contribution is -2.63. The highest BCUT2D eigenvalue weighted by molar-refractivity contribution is 5.99. The zero-order chi connectivity index (χ0) is 68.8. The first kappa shape index (κ1) is 80.6. The average molecular weight is 1260 g/mol. The molecule has 0 saturated carbocycles. The summed E-state index contributed by atoms with van der Waals surface area (Å²) in [5.74, 6) is -10.2. The number of ether oxygens (including phenoxy) is 1. The third-order valence-corrected chi connectivity index (χ3v) is 16.5. The summed E-state index contributed by atoms with van der Waals surface area (Å²) >= 11 is 0. The maximum absolute atomic E-state index is 15.2. The van der Waals surface area contributed by atoms with E-state index in [4.69, 9.17) is 4.74 Å². The normalized spacial score (nSPS) is 26.2. The molecule has 1 aliphatic rings. The van der Waals surface area contributed by atoms with E-state index in [-0.39, 0.29) is 69.0 Å². The fraction of sp³-hybridized carbons (Fsp3) is 0.769. The van der Waals surface area contributed by atoms with E-state index in [1.807, 2.05) is 55.4 Å². The summed E-state index contributed by atoms with van der Waals surface area (Å²) < 4.78 is 5.75. The standard InChI is InChI=1S/C65H115N11O13/c1-25-28-29-43(16)55(78)54-59(82)67-45(27-3)60(83)70(18)35-51(77)71(19)47(31-37(4)5)58(81)69-52(41(12)13)64(87)72(20)48(32-38(6)7)57(80)66-44(17)56(79)68-46(36-89-30-26-2)61(84)73(21)49(33-39(8)9)62(85)74(22)50(34-40(10)11)63(86)75(23)53(42(14)15)65(88)76(54)24/h25-26,28,37-50,52-55,78H,2,27,29-36H2,1,3-24H3,(H,66,80)(H,67,82)(H,68,79)(H,69,81)/b28-25+/t43-,44+,45+,46-,47+,48+,49+,50+,52+,53+,54+,55-/m1/s1. The molecule has 1 fully saturated rings. The van der Waals surface area contributed by atoms with Crippen LogP contribution in [0.4, 0.5) is 0 Å². The number of carbonyl (C=O) groups excluding carboxylic acids is 11. The van der Waals surface area contributed by atoms with Gasteiger partial charge in [0, 0.05) is 49.3 Å². The highest BCUT2D eigenvalue weighted by Gasteiger charge is 2.46. The van der Waals surface area contributed by atoms with Crippen LogP contribution in [0.5, 0.6) is 0 Å². The molecule has 0 bridgehead atoms. The number of amides is 11. The van der Waals surface area contributed by atoms with E-state index >= 15 is 14.4 Å². The fourth-order valence-corrected chi connectivity index (χ4v) is 11.0. The molecule has 0 aromatic rings. The molecule has 0 aromatic carbocycles. The summed E-state index contributed by atoms with van der Waals surface area (Å²) in [6, 6.07) is -12.8. The van der Waals surface area contributed by atoms with Crippen LogP contribution in [0, 0.1) is 41.4 Å². The lowest BCUT2D eigenvalue weighted by Gasteiger charge is -2.41. The van der Waals surface area contributed by atoms with Crippen molar-refractivity contribution in [2.75, 3.05) is 69.1 Å². The van der Waals surface area contributed by atoms with Crippen molar-refractivity contribution in [1.82, 2.24) is 55.6 Å². The number of nitrogens with one attached hydrogen (secondary N) is 4. The van der Waals surface area contributed by atoms with E-state index in [0.29, 0.717) is 6.42 Å². The number of allylic oxidation sites excluding steroid dienone is 2. The van der Waals surface area contributed by atoms with Gasteiger partial charge in [-0.25, -0.2) is 0 Å². The van der Waals surface area contributed by atoms with E-state index in [1.54, 1.807) is 60.6 Å². The number of aliphatic hydroxyl groups excluding tert-OH is 1. The highest BCUT2D eigenvalue weighted by atomic mass is 16.5. The van der Waals surface area contributed by atoms with Gasteiger partial charge in [0.15, 0.2) is 0 Å². The van der Waals surface area contributed by atoms with Crippen molar-refractivity contribution in [3.05, 3.63) is 24.8 Å². The Kier molecular flexibility index (Phi) is 34.1. The van der Waals surface area contributed by atoms with Crippen LogP contribution in [0.25, 0.3) is 0 Å². The van der Waals surface area contributed by atoms with E-state index in [1.165, 1.54) is 86.8 Å². The van der Waals surface area contributed by atoms with Crippen LogP contribution in [0.1, 0.15) is 149 Å². The molecule has 24 nitrogen and oxygen atoms in total. The number of likely N-dealkylation sites (N-methyl/N-ethyl adjacent to an activating group) is 7. The van der Waals surface area contributed by atoms with Crippen molar-refractivity contribution in [1.29, 1.82) is 0 Å². The molecule has 24 heteroatoms. The number of aliphatic hydroxyl groups is 1. The van der Waals surface area contributed by atoms with Crippen molar-refractivity contribution >= 4 is 65.0 Å².